The van der Waals surface area contributed by atoms with Crippen LogP contribution in [0.15, 0.2) is 249 Å². The van der Waals surface area contributed by atoms with Crippen molar-refractivity contribution in [2.45, 2.75) is 0 Å². The minimum Gasteiger partial charge on any atom is -0.456 e. The highest BCUT2D eigenvalue weighted by molar-refractivity contribution is 7.85. The maximum Gasteiger partial charge on any atom is 0.178 e. The Morgan fingerprint density at radius 3 is 1.10 bits per heavy atom. The number of aromatic nitrogens is 4. The maximum atomic E-state index is 16.5. The molecule has 0 saturated heterocycles. The van der Waals surface area contributed by atoms with E-state index in [0.717, 1.165) is 93.7 Å². The fraction of sp³-hybridized carbons (Fsp3) is 0. The Morgan fingerprint density at radius 1 is 0.288 bits per heavy atom. The van der Waals surface area contributed by atoms with Gasteiger partial charge in [-0.1, -0.05) is 152 Å². The molecule has 5 heterocycles. The zero-order valence-corrected chi connectivity index (χ0v) is 40.1. The summed E-state index contributed by atoms with van der Waals surface area (Å²) in [5.74, 6) is 1.16. The van der Waals surface area contributed by atoms with E-state index in [0.29, 0.717) is 22.1 Å². The largest absolute Gasteiger partial charge is 0.456 e. The van der Waals surface area contributed by atoms with Crippen LogP contribution in [0.1, 0.15) is 0 Å². The van der Waals surface area contributed by atoms with Crippen LogP contribution in [0.25, 0.3) is 110 Å². The van der Waals surface area contributed by atoms with Gasteiger partial charge in [-0.2, -0.15) is 0 Å². The minimum absolute atomic E-state index is 0.578. The zero-order valence-electron chi connectivity index (χ0n) is 39.2. The molecule has 6 nitrogen and oxygen atoms in total. The van der Waals surface area contributed by atoms with Gasteiger partial charge in [0.15, 0.2) is 7.14 Å². The second kappa shape index (κ2) is 15.1. The molecule has 11 aromatic carbocycles. The predicted octanol–water partition coefficient (Wildman–Crippen LogP) is 15.8. The Balaban J connectivity index is 0.949. The summed E-state index contributed by atoms with van der Waals surface area (Å²) in [6.45, 7) is 0. The third-order valence-corrected chi connectivity index (χ3v) is 18.5. The van der Waals surface area contributed by atoms with Crippen LogP contribution < -0.4 is 20.7 Å². The van der Waals surface area contributed by atoms with Crippen LogP contribution in [0.2, 0.25) is 0 Å². The molecule has 0 fully saturated rings. The van der Waals surface area contributed by atoms with Crippen LogP contribution >= 0.6 is 7.14 Å². The van der Waals surface area contributed by atoms with Crippen molar-refractivity contribution < 1.29 is 9.30 Å². The van der Waals surface area contributed by atoms with Gasteiger partial charge in [0.2, 0.25) is 0 Å². The lowest BCUT2D eigenvalue weighted by atomic mass is 10.1. The zero-order chi connectivity index (χ0) is 47.9. The van der Waals surface area contributed by atoms with Crippen molar-refractivity contribution >= 4 is 110 Å². The fourth-order valence-corrected chi connectivity index (χ4v) is 15.2. The quantitative estimate of drug-likeness (QED) is 0.161. The molecule has 0 aliphatic carbocycles. The van der Waals surface area contributed by atoms with Crippen LogP contribution in [0.4, 0.5) is 0 Å². The molecule has 1 aliphatic heterocycles. The molecule has 0 spiro atoms. The normalized spacial score (nSPS) is 13.2. The number of rotatable bonds is 5. The van der Waals surface area contributed by atoms with Gasteiger partial charge in [-0.3, -0.25) is 0 Å². The van der Waals surface area contributed by atoms with Crippen LogP contribution in [0.5, 0.6) is 11.5 Å². The van der Waals surface area contributed by atoms with Crippen LogP contribution in [-0.4, -0.2) is 18.3 Å². The lowest BCUT2D eigenvalue weighted by Crippen LogP contribution is -2.31. The van der Waals surface area contributed by atoms with Crippen molar-refractivity contribution in [1.82, 2.24) is 18.3 Å². The Labute approximate surface area is 418 Å². The van der Waals surface area contributed by atoms with E-state index < -0.39 is 7.14 Å². The van der Waals surface area contributed by atoms with Crippen LogP contribution in [-0.2, 0) is 4.57 Å². The van der Waals surface area contributed by atoms with Gasteiger partial charge in [0.1, 0.15) is 11.5 Å². The maximum absolute atomic E-state index is 16.5. The highest BCUT2D eigenvalue weighted by Gasteiger charge is 2.40. The average Bonchev–Trinajstić information content (AvgIpc) is 4.19. The third-order valence-electron chi connectivity index (χ3n) is 15.4. The number of ether oxygens (including phenoxy) is 1. The average molecular weight is 953 g/mol. The van der Waals surface area contributed by atoms with E-state index in [1.807, 2.05) is 30.3 Å². The lowest BCUT2D eigenvalue weighted by Gasteiger charge is -2.30. The summed E-state index contributed by atoms with van der Waals surface area (Å²) in [7, 11) is -3.49. The second-order valence-electron chi connectivity index (χ2n) is 19.1. The van der Waals surface area contributed by atoms with E-state index in [1.165, 1.54) is 21.5 Å². The molecule has 0 unspecified atom stereocenters. The molecule has 0 bridgehead atoms. The third kappa shape index (κ3) is 5.50. The topological polar surface area (TPSA) is 46.0 Å². The molecule has 1 aliphatic rings. The first-order valence-electron chi connectivity index (χ1n) is 24.8. The van der Waals surface area contributed by atoms with Crippen molar-refractivity contribution in [1.29, 1.82) is 0 Å². The van der Waals surface area contributed by atoms with E-state index >= 15 is 4.57 Å². The summed E-state index contributed by atoms with van der Waals surface area (Å²) in [6.07, 6.45) is 0. The van der Waals surface area contributed by atoms with Gasteiger partial charge < -0.3 is 27.6 Å². The first-order chi connectivity index (χ1) is 36.1. The van der Waals surface area contributed by atoms with Crippen molar-refractivity contribution in [2.75, 3.05) is 0 Å². The number of nitrogens with zero attached hydrogens (tertiary/aromatic N) is 4. The highest BCUT2D eigenvalue weighted by Crippen LogP contribution is 2.53. The first kappa shape index (κ1) is 40.4. The van der Waals surface area contributed by atoms with Gasteiger partial charge in [-0.25, -0.2) is 0 Å². The summed E-state index contributed by atoms with van der Waals surface area (Å²) in [4.78, 5) is 0. The standard InChI is InChI=1S/C66H41N4O2P/c71-73(46-22-8-3-9-23-46)61-38-32-44(69-53-28-14-10-24-47(53)49-34-36-57-63(65(49)69)51-26-12-16-30-55(51)67(57)42-18-4-1-5-19-42)40-59(61)72-60-41-45(33-39-62(60)73)70-54-29-15-11-25-48(54)50-35-37-58-64(66(50)70)52-27-13-17-31-56(52)68(58)43-20-6-2-7-21-43/h1-41H. The van der Waals surface area contributed by atoms with E-state index in [9.17, 15) is 0 Å². The summed E-state index contributed by atoms with van der Waals surface area (Å²) < 4.78 is 33.3. The van der Waals surface area contributed by atoms with Gasteiger partial charge in [0.25, 0.3) is 0 Å². The fourth-order valence-electron chi connectivity index (χ4n) is 12.4. The summed E-state index contributed by atoms with van der Waals surface area (Å²) >= 11 is 0. The van der Waals surface area contributed by atoms with Gasteiger partial charge >= 0.3 is 0 Å². The van der Waals surface area contributed by atoms with Crippen LogP contribution in [0.3, 0.4) is 0 Å². The summed E-state index contributed by atoms with van der Waals surface area (Å²) in [5, 5.41) is 11.5. The van der Waals surface area contributed by atoms with Crippen molar-refractivity contribution in [3.8, 4) is 34.2 Å². The van der Waals surface area contributed by atoms with Crippen LogP contribution in [0, 0.1) is 0 Å². The Bertz CT molecular complexity index is 4570. The molecule has 7 heteroatoms. The van der Waals surface area contributed by atoms with E-state index in [2.05, 4.69) is 237 Å². The van der Waals surface area contributed by atoms with Gasteiger partial charge in [-0.15, -0.1) is 0 Å². The van der Waals surface area contributed by atoms with E-state index in [-0.39, 0.29) is 0 Å². The number of para-hydroxylation sites is 6. The van der Waals surface area contributed by atoms with Gasteiger partial charge in [-0.05, 0) is 84.9 Å². The minimum atomic E-state index is -3.49. The molecule has 4 aromatic heterocycles. The molecule has 0 atom stereocenters. The summed E-state index contributed by atoms with van der Waals surface area (Å²) in [5.41, 5.74) is 13.0. The predicted molar refractivity (Wildman–Crippen MR) is 303 cm³/mol. The van der Waals surface area contributed by atoms with Gasteiger partial charge in [0.05, 0.1) is 54.7 Å². The molecule has 0 N–H and O–H groups in total. The van der Waals surface area contributed by atoms with Gasteiger partial charge in [0, 0.05) is 83.3 Å². The van der Waals surface area contributed by atoms with E-state index in [1.54, 1.807) is 0 Å². The number of benzene rings is 11. The SMILES string of the molecule is O=P1(c2ccccc2)c2ccc(-n3c4ccccc4c4ccc5c(c6ccccc6n5-c5ccccc5)c43)cc2Oc2cc(-n3c4ccccc4c4ccc5c(c6ccccc6n5-c5ccccc5)c43)ccc21. The lowest BCUT2D eigenvalue weighted by molar-refractivity contribution is 0.485. The van der Waals surface area contributed by atoms with Crippen molar-refractivity contribution in [2.24, 2.45) is 0 Å². The first-order valence-corrected chi connectivity index (χ1v) is 26.5. The highest BCUT2D eigenvalue weighted by atomic mass is 31.2. The van der Waals surface area contributed by atoms with Crippen molar-refractivity contribution in [3.63, 3.8) is 0 Å². The molecule has 0 radical (unpaired) electrons. The number of hydrogen-bond acceptors (Lipinski definition) is 2. The molecule has 0 amide bonds. The Morgan fingerprint density at radius 2 is 0.658 bits per heavy atom. The summed E-state index contributed by atoms with van der Waals surface area (Å²) in [6, 6.07) is 87.6. The Hall–Kier alpha value is -9.35. The second-order valence-corrected chi connectivity index (χ2v) is 21.8. The molecular weight excluding hydrogens is 912 g/mol. The smallest absolute Gasteiger partial charge is 0.178 e. The molecule has 73 heavy (non-hydrogen) atoms. The Kier molecular flexibility index (Phi) is 8.34. The molecule has 15 aromatic rings. The molecule has 16 rings (SSSR count). The van der Waals surface area contributed by atoms with Crippen molar-refractivity contribution in [3.05, 3.63) is 249 Å². The number of hydrogen-bond donors (Lipinski definition) is 0. The van der Waals surface area contributed by atoms with E-state index in [4.69, 9.17) is 4.74 Å². The molecule has 0 saturated carbocycles. The number of fused-ring (bicyclic) bond motifs is 16. The molecule has 342 valence electrons. The monoisotopic (exact) mass is 952 g/mol. The molecular formula is C66H41N4O2P.